The Morgan fingerprint density at radius 2 is 1.82 bits per heavy atom. The number of allylic oxidation sites excluding steroid dienone is 1. The third kappa shape index (κ3) is 7.64. The number of rotatable bonds is 7. The van der Waals surface area contributed by atoms with Gasteiger partial charge in [0, 0.05) is 0 Å². The second-order valence-electron chi connectivity index (χ2n) is 3.20. The van der Waals surface area contributed by atoms with Gasteiger partial charge in [0.1, 0.15) is 0 Å². The van der Waals surface area contributed by atoms with E-state index in [0.717, 1.165) is 0 Å². The Labute approximate surface area is 71.7 Å². The van der Waals surface area contributed by atoms with Crippen LogP contribution in [0.25, 0.3) is 0 Å². The quantitative estimate of drug-likeness (QED) is 0.383. The summed E-state index contributed by atoms with van der Waals surface area (Å²) in [6.07, 6.45) is 9.95. The summed E-state index contributed by atoms with van der Waals surface area (Å²) in [5.74, 6) is 0.469. The molecule has 0 nitrogen and oxygen atoms in total. The van der Waals surface area contributed by atoms with E-state index in [1.807, 2.05) is 6.08 Å². The van der Waals surface area contributed by atoms with Gasteiger partial charge >= 0.3 is 0 Å². The molecule has 0 spiro atoms. The van der Waals surface area contributed by atoms with Crippen LogP contribution in [0.4, 0.5) is 0 Å². The van der Waals surface area contributed by atoms with Gasteiger partial charge in [-0.3, -0.25) is 0 Å². The maximum absolute atomic E-state index is 3.96. The average molecular weight is 153 g/mol. The lowest BCUT2D eigenvalue weighted by Crippen LogP contribution is -1.88. The topological polar surface area (TPSA) is 0 Å². The van der Waals surface area contributed by atoms with Crippen molar-refractivity contribution < 1.29 is 0 Å². The maximum atomic E-state index is 3.96. The SMILES string of the molecule is [CH2]C(C=C)CCCCCCC. The molecule has 11 heavy (non-hydrogen) atoms. The van der Waals surface area contributed by atoms with E-state index < -0.39 is 0 Å². The van der Waals surface area contributed by atoms with Gasteiger partial charge in [0.25, 0.3) is 0 Å². The largest absolute Gasteiger partial charge is 0.103 e. The molecule has 0 bridgehead atoms. The maximum Gasteiger partial charge on any atom is -0.0236 e. The molecule has 0 aromatic carbocycles. The Morgan fingerprint density at radius 1 is 1.18 bits per heavy atom. The molecule has 65 valence electrons. The van der Waals surface area contributed by atoms with Crippen LogP contribution >= 0.6 is 0 Å². The Kier molecular flexibility index (Phi) is 7.66. The minimum Gasteiger partial charge on any atom is -0.103 e. The number of unbranched alkanes of at least 4 members (excludes halogenated alkanes) is 4. The fourth-order valence-electron chi connectivity index (χ4n) is 1.13. The Morgan fingerprint density at radius 3 is 2.36 bits per heavy atom. The van der Waals surface area contributed by atoms with E-state index in [1.54, 1.807) is 0 Å². The summed E-state index contributed by atoms with van der Waals surface area (Å²) in [5.41, 5.74) is 0. The van der Waals surface area contributed by atoms with E-state index in [2.05, 4.69) is 20.4 Å². The van der Waals surface area contributed by atoms with Gasteiger partial charge in [0.05, 0.1) is 0 Å². The lowest BCUT2D eigenvalue weighted by Gasteiger charge is -2.03. The number of hydrogen-bond donors (Lipinski definition) is 0. The third-order valence-electron chi connectivity index (χ3n) is 2.01. The van der Waals surface area contributed by atoms with Crippen molar-refractivity contribution in [3.05, 3.63) is 19.6 Å². The van der Waals surface area contributed by atoms with E-state index in [-0.39, 0.29) is 0 Å². The summed E-state index contributed by atoms with van der Waals surface area (Å²) < 4.78 is 0. The van der Waals surface area contributed by atoms with Crippen molar-refractivity contribution in [3.63, 3.8) is 0 Å². The average Bonchev–Trinajstić information content (AvgIpc) is 2.04. The van der Waals surface area contributed by atoms with Gasteiger partial charge in [-0.2, -0.15) is 0 Å². The summed E-state index contributed by atoms with van der Waals surface area (Å²) in [4.78, 5) is 0. The van der Waals surface area contributed by atoms with Crippen LogP contribution < -0.4 is 0 Å². The van der Waals surface area contributed by atoms with Crippen LogP contribution in [-0.2, 0) is 0 Å². The molecule has 0 aliphatic heterocycles. The Hall–Kier alpha value is -0.260. The van der Waals surface area contributed by atoms with E-state index in [0.29, 0.717) is 5.92 Å². The first-order valence-corrected chi connectivity index (χ1v) is 4.77. The molecular weight excluding hydrogens is 132 g/mol. The predicted octanol–water partition coefficient (Wildman–Crippen LogP) is 3.98. The monoisotopic (exact) mass is 153 g/mol. The van der Waals surface area contributed by atoms with Crippen molar-refractivity contribution in [2.24, 2.45) is 5.92 Å². The number of hydrogen-bond acceptors (Lipinski definition) is 0. The van der Waals surface area contributed by atoms with Crippen LogP contribution in [0, 0.1) is 12.8 Å². The van der Waals surface area contributed by atoms with E-state index in [1.165, 1.54) is 38.5 Å². The fourth-order valence-corrected chi connectivity index (χ4v) is 1.13. The third-order valence-corrected chi connectivity index (χ3v) is 2.01. The summed E-state index contributed by atoms with van der Waals surface area (Å²) in [5, 5.41) is 0. The van der Waals surface area contributed by atoms with Gasteiger partial charge in [-0.05, 0) is 19.3 Å². The molecule has 0 amide bonds. The van der Waals surface area contributed by atoms with Crippen molar-refractivity contribution in [1.82, 2.24) is 0 Å². The standard InChI is InChI=1S/C11H21/c1-4-6-7-8-9-10-11(3)5-2/h5,11H,2-4,6-10H2,1H3. The molecule has 0 rings (SSSR count). The molecule has 1 radical (unpaired) electrons. The van der Waals surface area contributed by atoms with E-state index >= 15 is 0 Å². The first-order valence-electron chi connectivity index (χ1n) is 4.77. The molecule has 0 saturated carbocycles. The minimum absolute atomic E-state index is 0.469. The van der Waals surface area contributed by atoms with Gasteiger partial charge in [-0.25, -0.2) is 0 Å². The molecule has 0 heterocycles. The van der Waals surface area contributed by atoms with Crippen LogP contribution in [0.15, 0.2) is 12.7 Å². The summed E-state index contributed by atoms with van der Waals surface area (Å²) in [7, 11) is 0. The van der Waals surface area contributed by atoms with Crippen molar-refractivity contribution in [2.45, 2.75) is 45.4 Å². The summed E-state index contributed by atoms with van der Waals surface area (Å²) >= 11 is 0. The highest BCUT2D eigenvalue weighted by Gasteiger charge is 1.94. The van der Waals surface area contributed by atoms with Gasteiger partial charge in [-0.1, -0.05) is 45.1 Å². The highest BCUT2D eigenvalue weighted by Crippen LogP contribution is 2.10. The highest BCUT2D eigenvalue weighted by molar-refractivity contribution is 4.80. The minimum atomic E-state index is 0.469. The lowest BCUT2D eigenvalue weighted by atomic mass is 10.0. The van der Waals surface area contributed by atoms with Crippen molar-refractivity contribution in [2.75, 3.05) is 0 Å². The van der Waals surface area contributed by atoms with Gasteiger partial charge in [0.15, 0.2) is 0 Å². The van der Waals surface area contributed by atoms with Crippen LogP contribution in [0.3, 0.4) is 0 Å². The Bertz CT molecular complexity index is 84.0. The first kappa shape index (κ1) is 10.7. The van der Waals surface area contributed by atoms with Crippen LogP contribution in [0.2, 0.25) is 0 Å². The molecule has 0 saturated heterocycles. The molecule has 0 aromatic rings. The molecule has 0 fully saturated rings. The van der Waals surface area contributed by atoms with Crippen molar-refractivity contribution >= 4 is 0 Å². The molecule has 0 N–H and O–H groups in total. The molecule has 0 heteroatoms. The van der Waals surface area contributed by atoms with Gasteiger partial charge < -0.3 is 0 Å². The molecule has 0 aliphatic rings. The zero-order chi connectivity index (χ0) is 8.53. The summed E-state index contributed by atoms with van der Waals surface area (Å²) in [6.45, 7) is 9.91. The van der Waals surface area contributed by atoms with Crippen LogP contribution in [0.5, 0.6) is 0 Å². The lowest BCUT2D eigenvalue weighted by molar-refractivity contribution is 0.574. The van der Waals surface area contributed by atoms with E-state index in [9.17, 15) is 0 Å². The smallest absolute Gasteiger partial charge is 0.0236 e. The zero-order valence-corrected chi connectivity index (χ0v) is 7.81. The van der Waals surface area contributed by atoms with Crippen LogP contribution in [-0.4, -0.2) is 0 Å². The molecule has 0 aliphatic carbocycles. The fraction of sp³-hybridized carbons (Fsp3) is 0.727. The van der Waals surface area contributed by atoms with Gasteiger partial charge in [0.2, 0.25) is 0 Å². The second-order valence-corrected chi connectivity index (χ2v) is 3.20. The molecule has 0 aromatic heterocycles. The van der Waals surface area contributed by atoms with E-state index in [4.69, 9.17) is 0 Å². The summed E-state index contributed by atoms with van der Waals surface area (Å²) in [6, 6.07) is 0. The normalized spacial score (nSPS) is 12.9. The van der Waals surface area contributed by atoms with Crippen molar-refractivity contribution in [1.29, 1.82) is 0 Å². The molecule has 1 unspecified atom stereocenters. The molecule has 1 atom stereocenters. The predicted molar refractivity (Wildman–Crippen MR) is 52.4 cm³/mol. The van der Waals surface area contributed by atoms with Gasteiger partial charge in [-0.15, -0.1) is 6.58 Å². The second kappa shape index (κ2) is 7.84. The first-order chi connectivity index (χ1) is 5.31. The van der Waals surface area contributed by atoms with Crippen molar-refractivity contribution in [3.8, 4) is 0 Å². The zero-order valence-electron chi connectivity index (χ0n) is 7.81. The molecular formula is C11H21. The highest BCUT2D eigenvalue weighted by atomic mass is 14.0. The van der Waals surface area contributed by atoms with Crippen LogP contribution in [0.1, 0.15) is 45.4 Å². The Balaban J connectivity index is 2.95.